The monoisotopic (exact) mass is 428 g/mol. The van der Waals surface area contributed by atoms with E-state index in [-0.39, 0.29) is 29.4 Å². The van der Waals surface area contributed by atoms with Gasteiger partial charge in [0.15, 0.2) is 22.5 Å². The minimum Gasteiger partial charge on any atom is -0.483 e. The predicted octanol–water partition coefficient (Wildman–Crippen LogP) is 4.08. The largest absolute Gasteiger partial charge is 0.483 e. The van der Waals surface area contributed by atoms with Gasteiger partial charge in [0.2, 0.25) is 5.89 Å². The van der Waals surface area contributed by atoms with Gasteiger partial charge >= 0.3 is 0 Å². The van der Waals surface area contributed by atoms with Crippen molar-refractivity contribution in [2.75, 3.05) is 6.61 Å². The Kier molecular flexibility index (Phi) is 4.62. The van der Waals surface area contributed by atoms with Crippen molar-refractivity contribution < 1.29 is 13.9 Å². The van der Waals surface area contributed by atoms with E-state index in [4.69, 9.17) is 14.1 Å². The second kappa shape index (κ2) is 7.49. The topological polar surface area (TPSA) is 102 Å². The molecule has 3 heterocycles. The molecule has 0 amide bonds. The lowest BCUT2D eigenvalue weighted by Crippen LogP contribution is -2.19. The van der Waals surface area contributed by atoms with Crippen LogP contribution in [0, 0.1) is 13.8 Å². The van der Waals surface area contributed by atoms with Crippen LogP contribution in [0.4, 0.5) is 0 Å². The van der Waals surface area contributed by atoms with E-state index in [0.29, 0.717) is 28.2 Å². The zero-order valence-corrected chi connectivity index (χ0v) is 17.8. The fraction of sp³-hybridized carbons (Fsp3) is 0.167. The second-order valence-corrected chi connectivity index (χ2v) is 7.63. The molecule has 0 spiro atoms. The summed E-state index contributed by atoms with van der Waals surface area (Å²) in [6.07, 6.45) is 0. The summed E-state index contributed by atoms with van der Waals surface area (Å²) in [5.74, 6) is 0.462. The number of hydrogen-bond acceptors (Lipinski definition) is 6. The van der Waals surface area contributed by atoms with Crippen molar-refractivity contribution in [3.63, 3.8) is 0 Å². The third kappa shape index (κ3) is 3.17. The van der Waals surface area contributed by atoms with Crippen molar-refractivity contribution >= 4 is 22.5 Å². The molecule has 0 aliphatic rings. The van der Waals surface area contributed by atoms with Gasteiger partial charge in [-0.25, -0.2) is 14.5 Å². The fourth-order valence-electron chi connectivity index (χ4n) is 3.81. The fourth-order valence-corrected chi connectivity index (χ4v) is 3.81. The first-order chi connectivity index (χ1) is 15.4. The molecule has 1 N–H and O–H groups in total. The van der Waals surface area contributed by atoms with Crippen LogP contribution in [0.25, 0.3) is 39.3 Å². The molecule has 0 bridgehead atoms. The molecule has 5 rings (SSSR count). The van der Waals surface area contributed by atoms with Crippen molar-refractivity contribution in [1.29, 1.82) is 0 Å². The van der Waals surface area contributed by atoms with Crippen molar-refractivity contribution in [1.82, 2.24) is 19.6 Å². The molecule has 8 nitrogen and oxygen atoms in total. The average molecular weight is 428 g/mol. The van der Waals surface area contributed by atoms with Crippen LogP contribution in [0.5, 0.6) is 5.75 Å². The lowest BCUT2D eigenvalue weighted by Gasteiger charge is -2.04. The number of aromatic nitrogens is 4. The average Bonchev–Trinajstić information content (AvgIpc) is 3.34. The van der Waals surface area contributed by atoms with Gasteiger partial charge in [0, 0.05) is 11.3 Å². The Morgan fingerprint density at radius 3 is 2.59 bits per heavy atom. The van der Waals surface area contributed by atoms with Gasteiger partial charge in [0.1, 0.15) is 17.9 Å². The van der Waals surface area contributed by atoms with E-state index in [1.807, 2.05) is 37.3 Å². The van der Waals surface area contributed by atoms with Crippen LogP contribution >= 0.6 is 0 Å². The number of ketones is 1. The summed E-state index contributed by atoms with van der Waals surface area (Å²) < 4.78 is 12.9. The number of nitrogens with zero attached hydrogens (tertiary/aromatic N) is 3. The van der Waals surface area contributed by atoms with E-state index >= 15 is 0 Å². The maximum Gasteiger partial charge on any atom is 0.285 e. The molecule has 5 aromatic rings. The van der Waals surface area contributed by atoms with Crippen molar-refractivity contribution in [3.05, 3.63) is 70.3 Å². The van der Waals surface area contributed by atoms with E-state index in [1.165, 1.54) is 11.4 Å². The molecule has 0 atom stereocenters. The molecule has 160 valence electrons. The number of nitrogens with one attached hydrogen (secondary N) is 1. The Labute approximate surface area is 182 Å². The quantitative estimate of drug-likeness (QED) is 0.452. The zero-order chi connectivity index (χ0) is 22.4. The predicted molar refractivity (Wildman–Crippen MR) is 120 cm³/mol. The highest BCUT2D eigenvalue weighted by molar-refractivity contribution is 5.84. The molecule has 0 saturated heterocycles. The van der Waals surface area contributed by atoms with E-state index in [0.717, 1.165) is 16.8 Å². The summed E-state index contributed by atoms with van der Waals surface area (Å²) in [6, 6.07) is 15.0. The Morgan fingerprint density at radius 1 is 1.06 bits per heavy atom. The molecule has 0 aliphatic carbocycles. The molecule has 0 fully saturated rings. The van der Waals surface area contributed by atoms with E-state index in [9.17, 15) is 9.59 Å². The van der Waals surface area contributed by atoms with Crippen LogP contribution in [0.3, 0.4) is 0 Å². The van der Waals surface area contributed by atoms with Gasteiger partial charge in [0.05, 0.1) is 5.69 Å². The smallest absolute Gasteiger partial charge is 0.285 e. The number of ether oxygens (including phenoxy) is 1. The van der Waals surface area contributed by atoms with Gasteiger partial charge < -0.3 is 9.15 Å². The van der Waals surface area contributed by atoms with E-state index in [2.05, 4.69) is 10.1 Å². The maximum atomic E-state index is 13.4. The van der Waals surface area contributed by atoms with Gasteiger partial charge in [-0.3, -0.25) is 14.7 Å². The van der Waals surface area contributed by atoms with Crippen LogP contribution in [0.1, 0.15) is 18.3 Å². The lowest BCUT2D eigenvalue weighted by atomic mass is 10.1. The molecular weight excluding hydrogens is 408 g/mol. The molecule has 0 radical (unpaired) electrons. The lowest BCUT2D eigenvalue weighted by molar-refractivity contribution is -0.118. The molecule has 8 heteroatoms. The number of para-hydroxylation sites is 1. The Morgan fingerprint density at radius 2 is 1.84 bits per heavy atom. The number of Topliss-reactive ketones (excluding diaryl/α,β-unsaturated/α-hetero) is 1. The highest BCUT2D eigenvalue weighted by Gasteiger charge is 2.22. The first-order valence-electron chi connectivity index (χ1n) is 10.1. The summed E-state index contributed by atoms with van der Waals surface area (Å²) in [4.78, 5) is 34.0. The number of rotatable bonds is 5. The Balaban J connectivity index is 1.69. The SMILES string of the molecule is CC(=O)COc1cccc2oc(-c3c(C)nc4c(-c5ccccc5)c(C)[nH]n4c3=O)nc12. The first kappa shape index (κ1) is 19.7. The summed E-state index contributed by atoms with van der Waals surface area (Å²) >= 11 is 0. The minimum atomic E-state index is -0.310. The summed E-state index contributed by atoms with van der Waals surface area (Å²) in [6.45, 7) is 5.04. The Hall–Kier alpha value is -4.20. The molecule has 0 aliphatic heterocycles. The van der Waals surface area contributed by atoms with Crippen molar-refractivity contribution in [2.24, 2.45) is 0 Å². The maximum absolute atomic E-state index is 13.4. The zero-order valence-electron chi connectivity index (χ0n) is 17.8. The van der Waals surface area contributed by atoms with Gasteiger partial charge in [-0.1, -0.05) is 36.4 Å². The molecule has 0 saturated carbocycles. The molecular formula is C24H20N4O4. The number of carbonyl (C=O) groups is 1. The van der Waals surface area contributed by atoms with Crippen LogP contribution in [0.2, 0.25) is 0 Å². The van der Waals surface area contributed by atoms with Gasteiger partial charge in [0.25, 0.3) is 5.56 Å². The highest BCUT2D eigenvalue weighted by atomic mass is 16.5. The molecule has 3 aromatic heterocycles. The number of benzene rings is 2. The summed E-state index contributed by atoms with van der Waals surface area (Å²) in [5, 5.41) is 3.12. The van der Waals surface area contributed by atoms with Gasteiger partial charge in [-0.2, -0.15) is 0 Å². The molecule has 32 heavy (non-hydrogen) atoms. The highest BCUT2D eigenvalue weighted by Crippen LogP contribution is 2.31. The van der Waals surface area contributed by atoms with Crippen LogP contribution in [-0.2, 0) is 4.79 Å². The van der Waals surface area contributed by atoms with E-state index in [1.54, 1.807) is 25.1 Å². The van der Waals surface area contributed by atoms with Gasteiger partial charge in [-0.15, -0.1) is 0 Å². The first-order valence-corrected chi connectivity index (χ1v) is 10.1. The third-order valence-electron chi connectivity index (χ3n) is 5.23. The number of hydrogen-bond donors (Lipinski definition) is 1. The number of oxazole rings is 1. The molecule has 0 unspecified atom stereocenters. The number of aryl methyl sites for hydroxylation is 2. The summed E-state index contributed by atoms with van der Waals surface area (Å²) in [7, 11) is 0. The normalized spacial score (nSPS) is 11.3. The second-order valence-electron chi connectivity index (χ2n) is 7.63. The summed E-state index contributed by atoms with van der Waals surface area (Å²) in [5.41, 5.74) is 4.57. The van der Waals surface area contributed by atoms with E-state index < -0.39 is 0 Å². The van der Waals surface area contributed by atoms with Crippen molar-refractivity contribution in [3.8, 4) is 28.3 Å². The van der Waals surface area contributed by atoms with Crippen molar-refractivity contribution in [2.45, 2.75) is 20.8 Å². The van der Waals surface area contributed by atoms with Crippen LogP contribution < -0.4 is 10.3 Å². The Bertz CT molecular complexity index is 1540. The number of carbonyl (C=O) groups excluding carboxylic acids is 1. The standard InChI is InChI=1S/C24H20N4O4/c1-13(29)12-31-17-10-7-11-18-21(17)26-23(32-18)20-14(2)25-22-19(16-8-5-4-6-9-16)15(3)27-28(22)24(20)30/h4-11,27H,12H2,1-3H3. The molecule has 2 aromatic carbocycles. The third-order valence-corrected chi connectivity index (χ3v) is 5.23. The number of aromatic amines is 1. The van der Waals surface area contributed by atoms with Crippen LogP contribution in [-0.4, -0.2) is 32.0 Å². The van der Waals surface area contributed by atoms with Crippen LogP contribution in [0.15, 0.2) is 57.7 Å². The minimum absolute atomic E-state index is 0.0689. The number of H-pyrrole nitrogens is 1. The number of fused-ring (bicyclic) bond motifs is 2. The van der Waals surface area contributed by atoms with Gasteiger partial charge in [-0.05, 0) is 38.5 Å².